The van der Waals surface area contributed by atoms with Gasteiger partial charge in [0.25, 0.3) is 0 Å². The van der Waals surface area contributed by atoms with Crippen molar-refractivity contribution in [3.8, 4) is 0 Å². The maximum Gasteiger partial charge on any atom is 0.407 e. The average molecular weight is 212 g/mol. The maximum atomic E-state index is 11.4. The monoisotopic (exact) mass is 212 g/mol. The molecule has 2 rings (SSSR count). The second kappa shape index (κ2) is 3.37. The molecule has 4 nitrogen and oxygen atoms in total. The smallest absolute Gasteiger partial charge is 0.407 e. The van der Waals surface area contributed by atoms with Gasteiger partial charge in [0.1, 0.15) is 5.60 Å². The molecule has 1 saturated heterocycles. The molecule has 2 fully saturated rings. The van der Waals surface area contributed by atoms with E-state index in [1.54, 1.807) is 0 Å². The maximum absolute atomic E-state index is 11.4. The van der Waals surface area contributed by atoms with E-state index < -0.39 is 5.60 Å². The largest absolute Gasteiger partial charge is 0.444 e. The molecule has 1 aliphatic heterocycles. The first kappa shape index (κ1) is 10.7. The topological polar surface area (TPSA) is 50.4 Å². The molecule has 0 spiro atoms. The van der Waals surface area contributed by atoms with E-state index in [0.29, 0.717) is 5.41 Å². The molecule has 2 aliphatic rings. The number of alkyl carbamates (subject to hydrolysis) is 1. The average Bonchev–Trinajstić information content (AvgIpc) is 2.63. The van der Waals surface area contributed by atoms with E-state index in [9.17, 15) is 4.79 Å². The molecule has 2 atom stereocenters. The van der Waals surface area contributed by atoms with Gasteiger partial charge in [0.05, 0.1) is 0 Å². The standard InChI is InChI=1S/C11H20N2O2/c1-10(2,3)15-9(14)13-7-11-4-8(11)5-12-6-11/h8,12H,4-7H2,1-3H3,(H,13,14)/t8-,11-/m0/s1. The van der Waals surface area contributed by atoms with E-state index in [0.717, 1.165) is 25.6 Å². The van der Waals surface area contributed by atoms with Crippen molar-refractivity contribution in [2.75, 3.05) is 19.6 Å². The fourth-order valence-electron chi connectivity index (χ4n) is 2.27. The normalized spacial score (nSPS) is 33.4. The van der Waals surface area contributed by atoms with Crippen molar-refractivity contribution >= 4 is 6.09 Å². The van der Waals surface area contributed by atoms with Crippen LogP contribution in [0.4, 0.5) is 4.79 Å². The summed E-state index contributed by atoms with van der Waals surface area (Å²) >= 11 is 0. The van der Waals surface area contributed by atoms with Gasteiger partial charge < -0.3 is 15.4 Å². The molecule has 1 saturated carbocycles. The van der Waals surface area contributed by atoms with Crippen molar-refractivity contribution in [3.63, 3.8) is 0 Å². The zero-order chi connectivity index (χ0) is 11.1. The van der Waals surface area contributed by atoms with Gasteiger partial charge in [-0.1, -0.05) is 0 Å². The zero-order valence-electron chi connectivity index (χ0n) is 9.72. The van der Waals surface area contributed by atoms with Gasteiger partial charge in [0.2, 0.25) is 0 Å². The minimum absolute atomic E-state index is 0.297. The fourth-order valence-corrected chi connectivity index (χ4v) is 2.27. The van der Waals surface area contributed by atoms with Crippen LogP contribution in [0.25, 0.3) is 0 Å². The van der Waals surface area contributed by atoms with Crippen LogP contribution >= 0.6 is 0 Å². The summed E-state index contributed by atoms with van der Waals surface area (Å²) in [7, 11) is 0. The molecule has 1 amide bonds. The van der Waals surface area contributed by atoms with E-state index >= 15 is 0 Å². The van der Waals surface area contributed by atoms with Gasteiger partial charge in [0, 0.05) is 18.5 Å². The number of amides is 1. The quantitative estimate of drug-likeness (QED) is 0.721. The summed E-state index contributed by atoms with van der Waals surface area (Å²) in [6, 6.07) is 0. The third-order valence-electron chi connectivity index (χ3n) is 3.21. The molecule has 1 aliphatic carbocycles. The van der Waals surface area contributed by atoms with Crippen molar-refractivity contribution in [2.45, 2.75) is 32.8 Å². The number of hydrogen-bond acceptors (Lipinski definition) is 3. The van der Waals surface area contributed by atoms with Gasteiger partial charge >= 0.3 is 6.09 Å². The molecule has 0 aromatic carbocycles. The molecule has 0 unspecified atom stereocenters. The van der Waals surface area contributed by atoms with Crippen molar-refractivity contribution in [1.29, 1.82) is 0 Å². The second-order valence-corrected chi connectivity index (χ2v) is 5.75. The molecule has 0 aromatic heterocycles. The predicted octanol–water partition coefficient (Wildman–Crippen LogP) is 1.12. The Bertz CT molecular complexity index is 272. The minimum Gasteiger partial charge on any atom is -0.444 e. The highest BCUT2D eigenvalue weighted by Gasteiger charge is 2.56. The number of rotatable bonds is 2. The van der Waals surface area contributed by atoms with Crippen LogP contribution in [0, 0.1) is 11.3 Å². The molecule has 4 heteroatoms. The van der Waals surface area contributed by atoms with Gasteiger partial charge in [-0.05, 0) is 39.7 Å². The lowest BCUT2D eigenvalue weighted by atomic mass is 10.1. The second-order valence-electron chi connectivity index (χ2n) is 5.75. The molecular formula is C11H20N2O2. The van der Waals surface area contributed by atoms with E-state index in [1.807, 2.05) is 20.8 Å². The highest BCUT2D eigenvalue weighted by molar-refractivity contribution is 5.67. The molecule has 0 bridgehead atoms. The highest BCUT2D eigenvalue weighted by atomic mass is 16.6. The number of carbonyl (C=O) groups excluding carboxylic acids is 1. The van der Waals surface area contributed by atoms with Gasteiger partial charge in [-0.15, -0.1) is 0 Å². The summed E-state index contributed by atoms with van der Waals surface area (Å²) in [5, 5.41) is 6.20. The summed E-state index contributed by atoms with van der Waals surface area (Å²) in [5.74, 6) is 0.771. The lowest BCUT2D eigenvalue weighted by Gasteiger charge is -2.21. The molecule has 1 heterocycles. The van der Waals surface area contributed by atoms with Crippen LogP contribution in [0.15, 0.2) is 0 Å². The molecular weight excluding hydrogens is 192 g/mol. The first-order chi connectivity index (χ1) is 6.91. The Labute approximate surface area is 90.8 Å². The molecule has 0 aromatic rings. The molecule has 0 radical (unpaired) electrons. The Hall–Kier alpha value is -0.770. The number of hydrogen-bond donors (Lipinski definition) is 2. The Balaban J connectivity index is 1.72. The predicted molar refractivity (Wildman–Crippen MR) is 57.6 cm³/mol. The zero-order valence-corrected chi connectivity index (χ0v) is 9.72. The van der Waals surface area contributed by atoms with E-state index in [-0.39, 0.29) is 6.09 Å². The van der Waals surface area contributed by atoms with Gasteiger partial charge in [0.15, 0.2) is 0 Å². The van der Waals surface area contributed by atoms with Crippen LogP contribution in [-0.4, -0.2) is 31.3 Å². The number of ether oxygens (including phenoxy) is 1. The number of carbonyl (C=O) groups is 1. The number of fused-ring (bicyclic) bond motifs is 1. The Morgan fingerprint density at radius 1 is 1.60 bits per heavy atom. The van der Waals surface area contributed by atoms with E-state index in [4.69, 9.17) is 4.74 Å². The van der Waals surface area contributed by atoms with Gasteiger partial charge in [-0.3, -0.25) is 0 Å². The number of nitrogens with one attached hydrogen (secondary N) is 2. The van der Waals surface area contributed by atoms with Gasteiger partial charge in [-0.25, -0.2) is 4.79 Å². The van der Waals surface area contributed by atoms with Crippen molar-refractivity contribution < 1.29 is 9.53 Å². The van der Waals surface area contributed by atoms with Gasteiger partial charge in [-0.2, -0.15) is 0 Å². The van der Waals surface area contributed by atoms with Crippen LogP contribution in [0.2, 0.25) is 0 Å². The minimum atomic E-state index is -0.404. The molecule has 86 valence electrons. The molecule has 15 heavy (non-hydrogen) atoms. The lowest BCUT2D eigenvalue weighted by Crippen LogP contribution is -2.37. The Morgan fingerprint density at radius 3 is 2.80 bits per heavy atom. The summed E-state index contributed by atoms with van der Waals surface area (Å²) < 4.78 is 5.19. The van der Waals surface area contributed by atoms with E-state index in [2.05, 4.69) is 10.6 Å². The first-order valence-electron chi connectivity index (χ1n) is 5.59. The van der Waals surface area contributed by atoms with Crippen molar-refractivity contribution in [1.82, 2.24) is 10.6 Å². The summed E-state index contributed by atoms with van der Waals surface area (Å²) in [5.41, 5.74) is -0.0600. The van der Waals surface area contributed by atoms with Crippen molar-refractivity contribution in [3.05, 3.63) is 0 Å². The fraction of sp³-hybridized carbons (Fsp3) is 0.909. The third-order valence-corrected chi connectivity index (χ3v) is 3.21. The first-order valence-corrected chi connectivity index (χ1v) is 5.59. The van der Waals surface area contributed by atoms with Crippen LogP contribution in [0.5, 0.6) is 0 Å². The SMILES string of the molecule is CC(C)(C)OC(=O)NC[C@]12CNC[C@@H]1C2. The van der Waals surface area contributed by atoms with Crippen LogP contribution in [0.3, 0.4) is 0 Å². The highest BCUT2D eigenvalue weighted by Crippen LogP contribution is 2.54. The van der Waals surface area contributed by atoms with Crippen molar-refractivity contribution in [2.24, 2.45) is 11.3 Å². The van der Waals surface area contributed by atoms with E-state index in [1.165, 1.54) is 6.42 Å². The summed E-state index contributed by atoms with van der Waals surface area (Å²) in [6.45, 7) is 8.52. The molecule has 2 N–H and O–H groups in total. The van der Waals surface area contributed by atoms with Crippen LogP contribution in [0.1, 0.15) is 27.2 Å². The summed E-state index contributed by atoms with van der Waals surface area (Å²) in [4.78, 5) is 11.4. The summed E-state index contributed by atoms with van der Waals surface area (Å²) in [6.07, 6.45) is 0.949. The van der Waals surface area contributed by atoms with Crippen LogP contribution in [-0.2, 0) is 4.74 Å². The van der Waals surface area contributed by atoms with Crippen LogP contribution < -0.4 is 10.6 Å². The Morgan fingerprint density at radius 2 is 2.33 bits per heavy atom. The Kier molecular flexibility index (Phi) is 2.41. The lowest BCUT2D eigenvalue weighted by molar-refractivity contribution is 0.0516. The number of piperidine rings is 1. The third kappa shape index (κ3) is 2.43.